The molecule has 0 aliphatic heterocycles. The van der Waals surface area contributed by atoms with Crippen LogP contribution in [0.2, 0.25) is 0 Å². The first kappa shape index (κ1) is 12.4. The number of aromatic nitrogens is 2. The van der Waals surface area contributed by atoms with E-state index in [0.717, 1.165) is 31.1 Å². The summed E-state index contributed by atoms with van der Waals surface area (Å²) in [4.78, 5) is 0. The van der Waals surface area contributed by atoms with Crippen LogP contribution in [0.5, 0.6) is 0 Å². The van der Waals surface area contributed by atoms with Gasteiger partial charge in [-0.2, -0.15) is 5.10 Å². The van der Waals surface area contributed by atoms with Crippen LogP contribution in [0, 0.1) is 5.82 Å². The largest absolute Gasteiger partial charge is 0.314 e. The zero-order chi connectivity index (χ0) is 13.1. The number of hydrogen-bond acceptors (Lipinski definition) is 2. The first-order valence-corrected chi connectivity index (χ1v) is 6.84. The number of halogens is 1. The Hall–Kier alpha value is -1.68. The van der Waals surface area contributed by atoms with E-state index < -0.39 is 0 Å². The van der Waals surface area contributed by atoms with Gasteiger partial charge in [0.2, 0.25) is 0 Å². The van der Waals surface area contributed by atoms with E-state index in [-0.39, 0.29) is 5.82 Å². The van der Waals surface area contributed by atoms with Crippen LogP contribution in [-0.4, -0.2) is 22.4 Å². The van der Waals surface area contributed by atoms with Crippen molar-refractivity contribution in [2.75, 3.05) is 6.54 Å². The highest BCUT2D eigenvalue weighted by Crippen LogP contribution is 2.18. The Bertz CT molecular complexity index is 546. The van der Waals surface area contributed by atoms with Crippen LogP contribution in [0.25, 0.3) is 5.69 Å². The average molecular weight is 259 g/mol. The maximum Gasteiger partial charge on any atom is 0.125 e. The van der Waals surface area contributed by atoms with Crippen molar-refractivity contribution in [1.82, 2.24) is 15.1 Å². The molecule has 1 N–H and O–H groups in total. The molecule has 4 heteroatoms. The lowest BCUT2D eigenvalue weighted by Gasteiger charge is -2.01. The van der Waals surface area contributed by atoms with Gasteiger partial charge in [0.25, 0.3) is 0 Å². The van der Waals surface area contributed by atoms with Gasteiger partial charge >= 0.3 is 0 Å². The molecule has 0 unspecified atom stereocenters. The summed E-state index contributed by atoms with van der Waals surface area (Å²) in [5.41, 5.74) is 1.96. The minimum Gasteiger partial charge on any atom is -0.314 e. The lowest BCUT2D eigenvalue weighted by atomic mass is 10.2. The fourth-order valence-electron chi connectivity index (χ4n) is 2.14. The molecule has 0 radical (unpaired) electrons. The van der Waals surface area contributed by atoms with Crippen LogP contribution in [-0.2, 0) is 6.42 Å². The Morgan fingerprint density at radius 3 is 3.05 bits per heavy atom. The molecule has 0 amide bonds. The zero-order valence-electron chi connectivity index (χ0n) is 10.8. The van der Waals surface area contributed by atoms with Crippen LogP contribution in [0.4, 0.5) is 4.39 Å². The smallest absolute Gasteiger partial charge is 0.125 e. The van der Waals surface area contributed by atoms with Crippen LogP contribution in [0.3, 0.4) is 0 Å². The van der Waals surface area contributed by atoms with Crippen LogP contribution in [0.15, 0.2) is 36.7 Å². The summed E-state index contributed by atoms with van der Waals surface area (Å²) >= 11 is 0. The van der Waals surface area contributed by atoms with Gasteiger partial charge in [0.1, 0.15) is 5.82 Å². The van der Waals surface area contributed by atoms with Gasteiger partial charge in [0, 0.05) is 12.2 Å². The van der Waals surface area contributed by atoms with Gasteiger partial charge in [-0.25, -0.2) is 9.07 Å². The third kappa shape index (κ3) is 3.41. The third-order valence-corrected chi connectivity index (χ3v) is 3.36. The molecule has 3 nitrogen and oxygen atoms in total. The van der Waals surface area contributed by atoms with Crippen molar-refractivity contribution in [1.29, 1.82) is 0 Å². The Morgan fingerprint density at radius 2 is 2.26 bits per heavy atom. The molecule has 1 aliphatic carbocycles. The normalized spacial score (nSPS) is 14.8. The van der Waals surface area contributed by atoms with Gasteiger partial charge in [-0.3, -0.25) is 0 Å². The molecule has 100 valence electrons. The fraction of sp³-hybridized carbons (Fsp3) is 0.400. The molecule has 0 atom stereocenters. The molecule has 19 heavy (non-hydrogen) atoms. The predicted molar refractivity (Wildman–Crippen MR) is 72.9 cm³/mol. The van der Waals surface area contributed by atoms with E-state index in [1.165, 1.54) is 30.5 Å². The second-order valence-corrected chi connectivity index (χ2v) is 5.10. The van der Waals surface area contributed by atoms with Gasteiger partial charge in [-0.1, -0.05) is 6.07 Å². The molecule has 1 fully saturated rings. The number of hydrogen-bond donors (Lipinski definition) is 1. The summed E-state index contributed by atoms with van der Waals surface area (Å²) in [7, 11) is 0. The van der Waals surface area contributed by atoms with E-state index in [1.807, 2.05) is 18.5 Å². The quantitative estimate of drug-likeness (QED) is 0.808. The molecular weight excluding hydrogens is 241 g/mol. The molecule has 0 spiro atoms. The van der Waals surface area contributed by atoms with Gasteiger partial charge in [0.05, 0.1) is 11.9 Å². The van der Waals surface area contributed by atoms with Crippen molar-refractivity contribution in [3.05, 3.63) is 48.0 Å². The topological polar surface area (TPSA) is 29.9 Å². The van der Waals surface area contributed by atoms with Crippen molar-refractivity contribution in [3.8, 4) is 5.69 Å². The van der Waals surface area contributed by atoms with Gasteiger partial charge in [-0.05, 0) is 56.0 Å². The Labute approximate surface area is 112 Å². The fourth-order valence-corrected chi connectivity index (χ4v) is 2.14. The number of nitrogens with one attached hydrogen (secondary N) is 1. The number of benzene rings is 1. The molecule has 0 saturated heterocycles. The molecule has 1 aromatic heterocycles. The SMILES string of the molecule is Fc1cccc(-n2cc(CCCNC3CC3)cn2)c1. The highest BCUT2D eigenvalue weighted by atomic mass is 19.1. The summed E-state index contributed by atoms with van der Waals surface area (Å²) in [5.74, 6) is -0.233. The molecule has 1 heterocycles. The minimum atomic E-state index is -0.233. The lowest BCUT2D eigenvalue weighted by Crippen LogP contribution is -2.17. The summed E-state index contributed by atoms with van der Waals surface area (Å²) in [6, 6.07) is 7.26. The van der Waals surface area contributed by atoms with E-state index in [1.54, 1.807) is 10.7 Å². The second kappa shape index (κ2) is 5.53. The van der Waals surface area contributed by atoms with Crippen molar-refractivity contribution < 1.29 is 4.39 Å². The maximum absolute atomic E-state index is 13.1. The van der Waals surface area contributed by atoms with Gasteiger partial charge < -0.3 is 5.32 Å². The van der Waals surface area contributed by atoms with E-state index in [9.17, 15) is 4.39 Å². The second-order valence-electron chi connectivity index (χ2n) is 5.10. The van der Waals surface area contributed by atoms with Crippen LogP contribution < -0.4 is 5.32 Å². The highest BCUT2D eigenvalue weighted by molar-refractivity contribution is 5.31. The lowest BCUT2D eigenvalue weighted by molar-refractivity contribution is 0.625. The number of rotatable bonds is 6. The summed E-state index contributed by atoms with van der Waals surface area (Å²) in [6.45, 7) is 1.07. The van der Waals surface area contributed by atoms with Crippen molar-refractivity contribution in [2.24, 2.45) is 0 Å². The van der Waals surface area contributed by atoms with Gasteiger partial charge in [-0.15, -0.1) is 0 Å². The molecular formula is C15H18FN3. The molecule has 2 aromatic rings. The van der Waals surface area contributed by atoms with E-state index >= 15 is 0 Å². The number of aryl methyl sites for hydroxylation is 1. The van der Waals surface area contributed by atoms with Crippen molar-refractivity contribution >= 4 is 0 Å². The molecule has 0 bridgehead atoms. The van der Waals surface area contributed by atoms with E-state index in [2.05, 4.69) is 10.4 Å². The van der Waals surface area contributed by atoms with Crippen LogP contribution >= 0.6 is 0 Å². The van der Waals surface area contributed by atoms with Crippen molar-refractivity contribution in [2.45, 2.75) is 31.7 Å². The highest BCUT2D eigenvalue weighted by Gasteiger charge is 2.19. The van der Waals surface area contributed by atoms with Crippen molar-refractivity contribution in [3.63, 3.8) is 0 Å². The van der Waals surface area contributed by atoms with Crippen LogP contribution in [0.1, 0.15) is 24.8 Å². The van der Waals surface area contributed by atoms with Gasteiger partial charge in [0.15, 0.2) is 0 Å². The summed E-state index contributed by atoms with van der Waals surface area (Å²) in [5, 5.41) is 7.78. The number of nitrogens with zero attached hydrogens (tertiary/aromatic N) is 2. The molecule has 1 saturated carbocycles. The third-order valence-electron chi connectivity index (χ3n) is 3.36. The Balaban J connectivity index is 1.56. The first-order chi connectivity index (χ1) is 9.31. The first-order valence-electron chi connectivity index (χ1n) is 6.84. The molecule has 3 rings (SSSR count). The average Bonchev–Trinajstić information content (AvgIpc) is 3.11. The predicted octanol–water partition coefficient (Wildman–Crippen LogP) is 2.70. The Kier molecular flexibility index (Phi) is 3.60. The zero-order valence-corrected chi connectivity index (χ0v) is 10.8. The minimum absolute atomic E-state index is 0.233. The molecule has 1 aliphatic rings. The molecule has 1 aromatic carbocycles. The summed E-state index contributed by atoms with van der Waals surface area (Å²) in [6.07, 6.45) is 8.63. The maximum atomic E-state index is 13.1. The Morgan fingerprint density at radius 1 is 1.37 bits per heavy atom. The monoisotopic (exact) mass is 259 g/mol. The van der Waals surface area contributed by atoms with E-state index in [4.69, 9.17) is 0 Å². The summed E-state index contributed by atoms with van der Waals surface area (Å²) < 4.78 is 14.9. The van der Waals surface area contributed by atoms with E-state index in [0.29, 0.717) is 0 Å². The standard InChI is InChI=1S/C15H18FN3/c16-13-4-1-5-15(9-13)19-11-12(10-18-19)3-2-8-17-14-6-7-14/h1,4-5,9-11,14,17H,2-3,6-8H2.